The molecule has 0 amide bonds. The second kappa shape index (κ2) is 9.82. The molecule has 2 aliphatic heterocycles. The summed E-state index contributed by atoms with van der Waals surface area (Å²) in [6.07, 6.45) is 6.44. The number of rotatable bonds is 5. The summed E-state index contributed by atoms with van der Waals surface area (Å²) in [5, 5.41) is 0. The smallest absolute Gasteiger partial charge is 0.175 e. The van der Waals surface area contributed by atoms with E-state index in [0.717, 1.165) is 58.5 Å². The molecule has 2 fully saturated rings. The standard InChI is InChI=1S/C30H35N5O2S/c1-21-29-28(33(2)30(32-29)23-8-12-26(13-9-23)38(3,36)37)20-27(31-21)22-6-10-24(11-7-22)35-18-14-25(15-19-35)34-16-4-5-17-34/h6-13,20,25H,4-5,14-19H2,1-3H3. The predicted molar refractivity (Wildman–Crippen MR) is 153 cm³/mol. The van der Waals surface area contributed by atoms with Crippen molar-refractivity contribution < 1.29 is 8.42 Å². The maximum Gasteiger partial charge on any atom is 0.175 e. The van der Waals surface area contributed by atoms with Crippen molar-refractivity contribution in [2.45, 2.75) is 43.5 Å². The van der Waals surface area contributed by atoms with Crippen molar-refractivity contribution >= 4 is 26.6 Å². The minimum atomic E-state index is -3.24. The van der Waals surface area contributed by atoms with Gasteiger partial charge in [-0.3, -0.25) is 4.98 Å². The van der Waals surface area contributed by atoms with Crippen molar-refractivity contribution in [2.24, 2.45) is 7.05 Å². The van der Waals surface area contributed by atoms with Crippen molar-refractivity contribution in [1.29, 1.82) is 0 Å². The zero-order valence-electron chi connectivity index (χ0n) is 22.4. The monoisotopic (exact) mass is 529 g/mol. The van der Waals surface area contributed by atoms with Crippen LogP contribution in [-0.2, 0) is 16.9 Å². The molecular formula is C30H35N5O2S. The molecule has 0 N–H and O–H groups in total. The number of piperidine rings is 1. The van der Waals surface area contributed by atoms with Gasteiger partial charge in [-0.1, -0.05) is 12.1 Å². The fourth-order valence-corrected chi connectivity index (χ4v) is 6.66. The molecule has 4 heterocycles. The molecule has 2 aromatic heterocycles. The lowest BCUT2D eigenvalue weighted by Crippen LogP contribution is -2.43. The maximum absolute atomic E-state index is 11.8. The third kappa shape index (κ3) is 4.71. The number of imidazole rings is 1. The van der Waals surface area contributed by atoms with Gasteiger partial charge >= 0.3 is 0 Å². The number of likely N-dealkylation sites (tertiary alicyclic amines) is 1. The molecule has 8 heteroatoms. The van der Waals surface area contributed by atoms with E-state index in [1.807, 2.05) is 26.1 Å². The van der Waals surface area contributed by atoms with Crippen LogP contribution in [0, 0.1) is 6.92 Å². The van der Waals surface area contributed by atoms with Crippen molar-refractivity contribution in [2.75, 3.05) is 37.3 Å². The average molecular weight is 530 g/mol. The average Bonchev–Trinajstić information content (AvgIpc) is 3.58. The Morgan fingerprint density at radius 2 is 1.47 bits per heavy atom. The maximum atomic E-state index is 11.8. The second-order valence-corrected chi connectivity index (χ2v) is 12.8. The highest BCUT2D eigenvalue weighted by Gasteiger charge is 2.26. The van der Waals surface area contributed by atoms with E-state index in [9.17, 15) is 8.42 Å². The number of sulfone groups is 1. The van der Waals surface area contributed by atoms with Crippen LogP contribution in [-0.4, -0.2) is 66.3 Å². The van der Waals surface area contributed by atoms with Gasteiger partial charge in [0.15, 0.2) is 9.84 Å². The number of hydrogen-bond donors (Lipinski definition) is 0. The second-order valence-electron chi connectivity index (χ2n) is 10.8. The Morgan fingerprint density at radius 1 is 0.842 bits per heavy atom. The molecule has 38 heavy (non-hydrogen) atoms. The Morgan fingerprint density at radius 3 is 2.11 bits per heavy atom. The molecule has 0 atom stereocenters. The molecule has 6 rings (SSSR count). The van der Waals surface area contributed by atoms with Crippen molar-refractivity contribution in [3.05, 3.63) is 60.3 Å². The molecule has 2 aliphatic rings. The topological polar surface area (TPSA) is 71.3 Å². The van der Waals surface area contributed by atoms with Crippen molar-refractivity contribution in [1.82, 2.24) is 19.4 Å². The Bertz CT molecular complexity index is 1560. The van der Waals surface area contributed by atoms with Gasteiger partial charge < -0.3 is 14.4 Å². The molecule has 0 radical (unpaired) electrons. The highest BCUT2D eigenvalue weighted by atomic mass is 32.2. The molecule has 0 aliphatic carbocycles. The van der Waals surface area contributed by atoms with Gasteiger partial charge in [-0.05, 0) is 88.2 Å². The fourth-order valence-electron chi connectivity index (χ4n) is 6.03. The van der Waals surface area contributed by atoms with Crippen LogP contribution >= 0.6 is 0 Å². The zero-order valence-corrected chi connectivity index (χ0v) is 23.2. The van der Waals surface area contributed by atoms with Crippen LogP contribution in [0.5, 0.6) is 0 Å². The molecule has 2 aromatic carbocycles. The summed E-state index contributed by atoms with van der Waals surface area (Å²) in [6.45, 7) is 6.79. The molecule has 2 saturated heterocycles. The highest BCUT2D eigenvalue weighted by molar-refractivity contribution is 7.90. The highest BCUT2D eigenvalue weighted by Crippen LogP contribution is 2.31. The van der Waals surface area contributed by atoms with E-state index in [4.69, 9.17) is 9.97 Å². The lowest BCUT2D eigenvalue weighted by Gasteiger charge is -2.37. The van der Waals surface area contributed by atoms with Gasteiger partial charge in [0, 0.05) is 49.2 Å². The van der Waals surface area contributed by atoms with Crippen LogP contribution in [0.1, 0.15) is 31.4 Å². The van der Waals surface area contributed by atoms with E-state index in [-0.39, 0.29) is 0 Å². The summed E-state index contributed by atoms with van der Waals surface area (Å²) in [5.41, 5.74) is 6.91. The number of aromatic nitrogens is 3. The number of nitrogens with zero attached hydrogens (tertiary/aromatic N) is 5. The van der Waals surface area contributed by atoms with Gasteiger partial charge in [-0.25, -0.2) is 13.4 Å². The van der Waals surface area contributed by atoms with Crippen LogP contribution in [0.3, 0.4) is 0 Å². The molecule has 0 unspecified atom stereocenters. The first-order valence-electron chi connectivity index (χ1n) is 13.5. The van der Waals surface area contributed by atoms with Gasteiger partial charge in [-0.2, -0.15) is 0 Å². The first-order valence-corrected chi connectivity index (χ1v) is 15.4. The summed E-state index contributed by atoms with van der Waals surface area (Å²) in [7, 11) is -1.24. The minimum absolute atomic E-state index is 0.305. The van der Waals surface area contributed by atoms with Gasteiger partial charge in [-0.15, -0.1) is 0 Å². The number of anilines is 1. The number of aryl methyl sites for hydroxylation is 2. The van der Waals surface area contributed by atoms with E-state index in [1.165, 1.54) is 50.7 Å². The quantitative estimate of drug-likeness (QED) is 0.359. The lowest BCUT2D eigenvalue weighted by atomic mass is 10.0. The van der Waals surface area contributed by atoms with E-state index in [1.54, 1.807) is 12.1 Å². The van der Waals surface area contributed by atoms with Gasteiger partial charge in [0.25, 0.3) is 0 Å². The fraction of sp³-hybridized carbons (Fsp3) is 0.400. The van der Waals surface area contributed by atoms with Crippen LogP contribution in [0.15, 0.2) is 59.5 Å². The van der Waals surface area contributed by atoms with Crippen molar-refractivity contribution in [3.8, 4) is 22.6 Å². The molecule has 198 valence electrons. The van der Waals surface area contributed by atoms with E-state index in [2.05, 4.69) is 44.7 Å². The lowest BCUT2D eigenvalue weighted by molar-refractivity contribution is 0.208. The third-order valence-corrected chi connectivity index (χ3v) is 9.36. The first kappa shape index (κ1) is 25.1. The third-order valence-electron chi connectivity index (χ3n) is 8.23. The van der Waals surface area contributed by atoms with Gasteiger partial charge in [0.05, 0.1) is 21.8 Å². The molecule has 4 aromatic rings. The number of hydrogen-bond acceptors (Lipinski definition) is 6. The largest absolute Gasteiger partial charge is 0.371 e. The van der Waals surface area contributed by atoms with Crippen LogP contribution in [0.25, 0.3) is 33.7 Å². The van der Waals surface area contributed by atoms with Crippen LogP contribution < -0.4 is 4.90 Å². The summed E-state index contributed by atoms with van der Waals surface area (Å²) in [6, 6.07) is 18.6. The predicted octanol–water partition coefficient (Wildman–Crippen LogP) is 5.08. The van der Waals surface area contributed by atoms with E-state index < -0.39 is 9.84 Å². The minimum Gasteiger partial charge on any atom is -0.371 e. The molecule has 0 spiro atoms. The Hall–Kier alpha value is -3.23. The molecular weight excluding hydrogens is 494 g/mol. The van der Waals surface area contributed by atoms with E-state index in [0.29, 0.717) is 4.90 Å². The summed E-state index contributed by atoms with van der Waals surface area (Å²) in [4.78, 5) is 15.3. The number of benzene rings is 2. The molecule has 7 nitrogen and oxygen atoms in total. The zero-order chi connectivity index (χ0) is 26.4. The SMILES string of the molecule is Cc1nc(-c2ccc(N3CCC(N4CCCC4)CC3)cc2)cc2c1nc(-c1ccc(S(C)(=O)=O)cc1)n2C. The van der Waals surface area contributed by atoms with E-state index >= 15 is 0 Å². The number of fused-ring (bicyclic) bond motifs is 1. The van der Waals surface area contributed by atoms with Gasteiger partial charge in [0.1, 0.15) is 11.3 Å². The first-order chi connectivity index (χ1) is 18.3. The molecule has 0 saturated carbocycles. The molecule has 0 bridgehead atoms. The van der Waals surface area contributed by atoms with Crippen LogP contribution in [0.4, 0.5) is 5.69 Å². The van der Waals surface area contributed by atoms with Gasteiger partial charge in [0.2, 0.25) is 0 Å². The normalized spacial score (nSPS) is 17.5. The van der Waals surface area contributed by atoms with Crippen molar-refractivity contribution in [3.63, 3.8) is 0 Å². The summed E-state index contributed by atoms with van der Waals surface area (Å²) < 4.78 is 25.7. The Labute approximate surface area is 225 Å². The van der Waals surface area contributed by atoms with Crippen LogP contribution in [0.2, 0.25) is 0 Å². The summed E-state index contributed by atoms with van der Waals surface area (Å²) in [5.74, 6) is 0.787. The Kier molecular flexibility index (Phi) is 6.48. The Balaban J connectivity index is 1.23. The summed E-state index contributed by atoms with van der Waals surface area (Å²) >= 11 is 0. The number of pyridine rings is 1.